The van der Waals surface area contributed by atoms with Crippen molar-refractivity contribution in [2.75, 3.05) is 33.4 Å². The Kier molecular flexibility index (Phi) is 5.41. The highest BCUT2D eigenvalue weighted by atomic mass is 16.5. The molecule has 2 aliphatic rings. The average Bonchev–Trinajstić information content (AvgIpc) is 2.46. The smallest absolute Gasteiger partial charge is 0.228 e. The summed E-state index contributed by atoms with van der Waals surface area (Å²) in [5.74, 6) is 0.0543. The van der Waals surface area contributed by atoms with Crippen molar-refractivity contribution in [1.82, 2.24) is 4.90 Å². The molecule has 20 heavy (non-hydrogen) atoms. The molecule has 0 radical (unpaired) electrons. The van der Waals surface area contributed by atoms with E-state index in [2.05, 4.69) is 6.92 Å². The lowest BCUT2D eigenvalue weighted by Gasteiger charge is -2.38. The zero-order chi connectivity index (χ0) is 14.6. The second-order valence-electron chi connectivity index (χ2n) is 6.10. The molecule has 0 unspecified atom stereocenters. The summed E-state index contributed by atoms with van der Waals surface area (Å²) >= 11 is 0. The summed E-state index contributed by atoms with van der Waals surface area (Å²) in [5, 5.41) is 10.5. The quantitative estimate of drug-likeness (QED) is 0.843. The molecule has 2 saturated heterocycles. The molecule has 0 aromatic rings. The van der Waals surface area contributed by atoms with Crippen LogP contribution in [0.1, 0.15) is 39.0 Å². The number of carbonyl (C=O) groups is 1. The van der Waals surface area contributed by atoms with E-state index in [1.54, 1.807) is 11.9 Å². The molecule has 0 saturated carbocycles. The summed E-state index contributed by atoms with van der Waals surface area (Å²) in [5.41, 5.74) is -0.792. The highest BCUT2D eigenvalue weighted by Gasteiger charge is 2.37. The molecule has 5 nitrogen and oxygen atoms in total. The van der Waals surface area contributed by atoms with Crippen LogP contribution in [0, 0.1) is 5.92 Å². The van der Waals surface area contributed by atoms with Crippen molar-refractivity contribution in [1.29, 1.82) is 0 Å². The van der Waals surface area contributed by atoms with Crippen LogP contribution >= 0.6 is 0 Å². The minimum absolute atomic E-state index is 0.0306. The number of aliphatic hydroxyl groups is 1. The first-order valence-electron chi connectivity index (χ1n) is 7.72. The van der Waals surface area contributed by atoms with E-state index >= 15 is 0 Å². The maximum atomic E-state index is 12.6. The van der Waals surface area contributed by atoms with Crippen molar-refractivity contribution < 1.29 is 19.4 Å². The van der Waals surface area contributed by atoms with Gasteiger partial charge in [0.2, 0.25) is 5.91 Å². The highest BCUT2D eigenvalue weighted by Crippen LogP contribution is 2.27. The van der Waals surface area contributed by atoms with Crippen molar-refractivity contribution in [3.63, 3.8) is 0 Å². The van der Waals surface area contributed by atoms with E-state index in [4.69, 9.17) is 9.47 Å². The number of hydrogen-bond donors (Lipinski definition) is 1. The molecular weight excluding hydrogens is 258 g/mol. The molecule has 5 heteroatoms. The molecule has 0 aromatic heterocycles. The largest absolute Gasteiger partial charge is 0.388 e. The fourth-order valence-corrected chi connectivity index (χ4v) is 3.24. The maximum Gasteiger partial charge on any atom is 0.228 e. The fourth-order valence-electron chi connectivity index (χ4n) is 3.24. The van der Waals surface area contributed by atoms with Crippen molar-refractivity contribution >= 4 is 5.91 Å². The Bertz CT molecular complexity index is 328. The molecule has 0 aliphatic carbocycles. The molecule has 0 spiro atoms. The van der Waals surface area contributed by atoms with E-state index in [9.17, 15) is 9.90 Å². The third kappa shape index (κ3) is 3.71. The molecule has 2 rings (SSSR count). The van der Waals surface area contributed by atoms with Crippen molar-refractivity contribution in [2.45, 2.75) is 50.7 Å². The van der Waals surface area contributed by atoms with Gasteiger partial charge in [-0.25, -0.2) is 0 Å². The molecule has 2 heterocycles. The zero-order valence-corrected chi connectivity index (χ0v) is 12.6. The van der Waals surface area contributed by atoms with Gasteiger partial charge >= 0.3 is 0 Å². The third-order valence-electron chi connectivity index (χ3n) is 4.49. The van der Waals surface area contributed by atoms with Gasteiger partial charge in [-0.15, -0.1) is 0 Å². The van der Waals surface area contributed by atoms with Gasteiger partial charge in [0, 0.05) is 46.3 Å². The number of amides is 1. The Balaban J connectivity index is 1.93. The van der Waals surface area contributed by atoms with Gasteiger partial charge in [0.1, 0.15) is 0 Å². The van der Waals surface area contributed by atoms with Crippen molar-refractivity contribution in [3.8, 4) is 0 Å². The zero-order valence-electron chi connectivity index (χ0n) is 12.6. The number of carbonyl (C=O) groups excluding carboxylic acids is 1. The molecule has 2 fully saturated rings. The van der Waals surface area contributed by atoms with Crippen molar-refractivity contribution in [2.24, 2.45) is 5.92 Å². The Hall–Kier alpha value is -0.650. The van der Waals surface area contributed by atoms with E-state index in [1.165, 1.54) is 0 Å². The third-order valence-corrected chi connectivity index (χ3v) is 4.49. The maximum absolute atomic E-state index is 12.6. The van der Waals surface area contributed by atoms with Crippen LogP contribution in [-0.4, -0.2) is 61.0 Å². The Morgan fingerprint density at radius 2 is 2.05 bits per heavy atom. The predicted octanol–water partition coefficient (Wildman–Crippen LogP) is 1.19. The first-order chi connectivity index (χ1) is 9.56. The van der Waals surface area contributed by atoms with E-state index in [1.807, 2.05) is 0 Å². The highest BCUT2D eigenvalue weighted by molar-refractivity contribution is 5.79. The molecule has 2 aliphatic heterocycles. The number of ether oxygens (including phenoxy) is 2. The van der Waals surface area contributed by atoms with Gasteiger partial charge in [0.25, 0.3) is 0 Å². The monoisotopic (exact) mass is 285 g/mol. The van der Waals surface area contributed by atoms with Gasteiger partial charge in [-0.05, 0) is 19.3 Å². The van der Waals surface area contributed by atoms with Crippen LogP contribution in [0.15, 0.2) is 0 Å². The standard InChI is InChI=1S/C15H27NO4/c1-3-13-12(5-4-8-20-13)14(17)16(2)11-15(18)6-9-19-10-7-15/h12-13,18H,3-11H2,1-2H3/t12-,13+/m0/s1. The van der Waals surface area contributed by atoms with Crippen LogP contribution in [0.3, 0.4) is 0 Å². The lowest BCUT2D eigenvalue weighted by Crippen LogP contribution is -2.50. The van der Waals surface area contributed by atoms with Gasteiger partial charge in [-0.1, -0.05) is 6.92 Å². The minimum atomic E-state index is -0.792. The van der Waals surface area contributed by atoms with E-state index in [-0.39, 0.29) is 17.9 Å². The lowest BCUT2D eigenvalue weighted by molar-refractivity contribution is -0.149. The van der Waals surface area contributed by atoms with Gasteiger partial charge < -0.3 is 19.5 Å². The number of likely N-dealkylation sites (N-methyl/N-ethyl adjacent to an activating group) is 1. The van der Waals surface area contributed by atoms with Crippen LogP contribution in [-0.2, 0) is 14.3 Å². The average molecular weight is 285 g/mol. The van der Waals surface area contributed by atoms with E-state index < -0.39 is 5.60 Å². The Morgan fingerprint density at radius 1 is 1.35 bits per heavy atom. The van der Waals surface area contributed by atoms with Crippen LogP contribution in [0.25, 0.3) is 0 Å². The van der Waals surface area contributed by atoms with Gasteiger partial charge in [0.15, 0.2) is 0 Å². The summed E-state index contributed by atoms with van der Waals surface area (Å²) in [6.45, 7) is 4.35. The minimum Gasteiger partial charge on any atom is -0.388 e. The second-order valence-corrected chi connectivity index (χ2v) is 6.10. The number of nitrogens with zero attached hydrogens (tertiary/aromatic N) is 1. The predicted molar refractivity (Wildman–Crippen MR) is 75.4 cm³/mol. The summed E-state index contributed by atoms with van der Waals surface area (Å²) in [7, 11) is 1.79. The Labute approximate surface area is 121 Å². The SMILES string of the molecule is CC[C@H]1OCCC[C@@H]1C(=O)N(C)CC1(O)CCOCC1. The van der Waals surface area contributed by atoms with Gasteiger partial charge in [-0.3, -0.25) is 4.79 Å². The summed E-state index contributed by atoms with van der Waals surface area (Å²) in [4.78, 5) is 14.3. The first-order valence-corrected chi connectivity index (χ1v) is 7.72. The van der Waals surface area contributed by atoms with E-state index in [0.717, 1.165) is 25.9 Å². The van der Waals surface area contributed by atoms with Crippen molar-refractivity contribution in [3.05, 3.63) is 0 Å². The van der Waals surface area contributed by atoms with Crippen LogP contribution in [0.2, 0.25) is 0 Å². The Morgan fingerprint density at radius 3 is 2.70 bits per heavy atom. The molecular formula is C15H27NO4. The first kappa shape index (κ1) is 15.7. The molecule has 2 atom stereocenters. The number of hydrogen-bond acceptors (Lipinski definition) is 4. The van der Waals surface area contributed by atoms with Crippen LogP contribution < -0.4 is 0 Å². The topological polar surface area (TPSA) is 59.0 Å². The normalized spacial score (nSPS) is 29.9. The molecule has 0 aromatic carbocycles. The van der Waals surface area contributed by atoms with Crippen LogP contribution in [0.4, 0.5) is 0 Å². The number of rotatable bonds is 4. The van der Waals surface area contributed by atoms with E-state index in [0.29, 0.717) is 32.6 Å². The lowest BCUT2D eigenvalue weighted by atomic mass is 9.89. The molecule has 0 bridgehead atoms. The fraction of sp³-hybridized carbons (Fsp3) is 0.933. The molecule has 1 amide bonds. The molecule has 1 N–H and O–H groups in total. The van der Waals surface area contributed by atoms with Crippen LogP contribution in [0.5, 0.6) is 0 Å². The second kappa shape index (κ2) is 6.87. The summed E-state index contributed by atoms with van der Waals surface area (Å²) in [6, 6.07) is 0. The van der Waals surface area contributed by atoms with Gasteiger partial charge in [0.05, 0.1) is 17.6 Å². The van der Waals surface area contributed by atoms with Gasteiger partial charge in [-0.2, -0.15) is 0 Å². The molecule has 116 valence electrons. The summed E-state index contributed by atoms with van der Waals surface area (Å²) < 4.78 is 11.0. The summed E-state index contributed by atoms with van der Waals surface area (Å²) in [6.07, 6.45) is 3.93.